The highest BCUT2D eigenvalue weighted by Crippen LogP contribution is 2.06. The van der Waals surface area contributed by atoms with Gasteiger partial charge in [-0.1, -0.05) is 26.7 Å². The van der Waals surface area contributed by atoms with Crippen molar-refractivity contribution >= 4 is 11.7 Å². The largest absolute Gasteiger partial charge is 0.373 e. The van der Waals surface area contributed by atoms with Gasteiger partial charge in [-0.15, -0.1) is 0 Å². The van der Waals surface area contributed by atoms with E-state index in [0.717, 1.165) is 31.1 Å². The highest BCUT2D eigenvalue weighted by atomic mass is 16.1. The Morgan fingerprint density at radius 2 is 2.11 bits per heavy atom. The smallest absolute Gasteiger partial charge is 0.252 e. The molecular formula is C14H23N3O. The molecule has 0 bridgehead atoms. The third-order valence-corrected chi connectivity index (χ3v) is 2.78. The van der Waals surface area contributed by atoms with Gasteiger partial charge in [0.15, 0.2) is 0 Å². The zero-order valence-corrected chi connectivity index (χ0v) is 11.5. The van der Waals surface area contributed by atoms with Gasteiger partial charge in [0.2, 0.25) is 0 Å². The van der Waals surface area contributed by atoms with E-state index in [4.69, 9.17) is 0 Å². The number of carbonyl (C=O) groups is 1. The molecule has 0 saturated heterocycles. The highest BCUT2D eigenvalue weighted by molar-refractivity contribution is 5.93. The van der Waals surface area contributed by atoms with Crippen LogP contribution in [0, 0.1) is 5.92 Å². The molecule has 1 heterocycles. The van der Waals surface area contributed by atoms with Crippen molar-refractivity contribution in [3.05, 3.63) is 23.9 Å². The van der Waals surface area contributed by atoms with Crippen LogP contribution in [0.25, 0.3) is 0 Å². The molecule has 0 unspecified atom stereocenters. The van der Waals surface area contributed by atoms with Gasteiger partial charge in [0.25, 0.3) is 5.91 Å². The quantitative estimate of drug-likeness (QED) is 0.730. The average Bonchev–Trinajstić information content (AvgIpc) is 2.38. The van der Waals surface area contributed by atoms with Gasteiger partial charge < -0.3 is 10.6 Å². The molecule has 1 rings (SSSR count). The van der Waals surface area contributed by atoms with Crippen molar-refractivity contribution in [2.45, 2.75) is 33.1 Å². The molecule has 0 atom stereocenters. The molecule has 0 saturated carbocycles. The molecule has 1 aromatic heterocycles. The molecule has 0 aliphatic rings. The summed E-state index contributed by atoms with van der Waals surface area (Å²) in [5.74, 6) is 1.46. The number of carbonyl (C=O) groups excluding carboxylic acids is 1. The third-order valence-electron chi connectivity index (χ3n) is 2.78. The summed E-state index contributed by atoms with van der Waals surface area (Å²) in [6, 6.07) is 3.58. The fourth-order valence-electron chi connectivity index (χ4n) is 1.66. The third kappa shape index (κ3) is 5.17. The Balaban J connectivity index is 2.27. The maximum absolute atomic E-state index is 11.8. The van der Waals surface area contributed by atoms with Crippen LogP contribution >= 0.6 is 0 Å². The zero-order chi connectivity index (χ0) is 13.4. The second-order valence-corrected chi connectivity index (χ2v) is 4.83. The number of aromatic nitrogens is 1. The minimum absolute atomic E-state index is 0.0466. The summed E-state index contributed by atoms with van der Waals surface area (Å²) in [7, 11) is 1.80. The first kappa shape index (κ1) is 14.5. The van der Waals surface area contributed by atoms with Crippen molar-refractivity contribution in [1.29, 1.82) is 0 Å². The van der Waals surface area contributed by atoms with E-state index < -0.39 is 0 Å². The number of hydrogen-bond acceptors (Lipinski definition) is 3. The van der Waals surface area contributed by atoms with E-state index in [1.165, 1.54) is 6.42 Å². The van der Waals surface area contributed by atoms with Gasteiger partial charge in [-0.25, -0.2) is 4.98 Å². The number of nitrogens with zero attached hydrogens (tertiary/aromatic N) is 1. The van der Waals surface area contributed by atoms with Crippen molar-refractivity contribution in [3.63, 3.8) is 0 Å². The van der Waals surface area contributed by atoms with Gasteiger partial charge in [0.05, 0.1) is 5.56 Å². The first-order valence-electron chi connectivity index (χ1n) is 6.55. The van der Waals surface area contributed by atoms with Crippen molar-refractivity contribution in [2.24, 2.45) is 5.92 Å². The molecule has 0 aromatic carbocycles. The highest BCUT2D eigenvalue weighted by Gasteiger charge is 2.04. The van der Waals surface area contributed by atoms with E-state index >= 15 is 0 Å². The van der Waals surface area contributed by atoms with Gasteiger partial charge in [-0.05, 0) is 24.5 Å². The summed E-state index contributed by atoms with van der Waals surface area (Å²) in [4.78, 5) is 15.9. The molecular weight excluding hydrogens is 226 g/mol. The lowest BCUT2D eigenvalue weighted by molar-refractivity contribution is 0.0952. The molecule has 0 aliphatic heterocycles. The van der Waals surface area contributed by atoms with Crippen molar-refractivity contribution in [1.82, 2.24) is 10.3 Å². The molecule has 2 N–H and O–H groups in total. The topological polar surface area (TPSA) is 54.0 Å². The summed E-state index contributed by atoms with van der Waals surface area (Å²) in [6.07, 6.45) is 5.00. The fourth-order valence-corrected chi connectivity index (χ4v) is 1.66. The Labute approximate surface area is 109 Å². The lowest BCUT2D eigenvalue weighted by Crippen LogP contribution is -2.24. The SMILES string of the molecule is CNc1ccc(C(=O)NCCCCC(C)C)cn1. The number of amides is 1. The van der Waals surface area contributed by atoms with Gasteiger partial charge in [0.1, 0.15) is 5.82 Å². The Morgan fingerprint density at radius 3 is 2.67 bits per heavy atom. The summed E-state index contributed by atoms with van der Waals surface area (Å²) in [5.41, 5.74) is 0.609. The minimum atomic E-state index is -0.0466. The van der Waals surface area contributed by atoms with Crippen LogP contribution in [0.1, 0.15) is 43.5 Å². The van der Waals surface area contributed by atoms with Crippen LogP contribution in [0.5, 0.6) is 0 Å². The minimum Gasteiger partial charge on any atom is -0.373 e. The molecule has 1 aromatic rings. The molecule has 100 valence electrons. The first-order chi connectivity index (χ1) is 8.63. The zero-order valence-electron chi connectivity index (χ0n) is 11.5. The standard InChI is InChI=1S/C14H23N3O/c1-11(2)6-4-5-9-16-14(18)12-7-8-13(15-3)17-10-12/h7-8,10-11H,4-6,9H2,1-3H3,(H,15,17)(H,16,18). The van der Waals surface area contributed by atoms with Gasteiger partial charge >= 0.3 is 0 Å². The summed E-state index contributed by atoms with van der Waals surface area (Å²) in [6.45, 7) is 5.17. The number of anilines is 1. The Bertz CT molecular complexity index is 360. The van der Waals surface area contributed by atoms with Crippen LogP contribution in [0.2, 0.25) is 0 Å². The van der Waals surface area contributed by atoms with Crippen LogP contribution in [-0.2, 0) is 0 Å². The number of nitrogens with one attached hydrogen (secondary N) is 2. The number of unbranched alkanes of at least 4 members (excludes halogenated alkanes) is 1. The van der Waals surface area contributed by atoms with E-state index in [9.17, 15) is 4.79 Å². The van der Waals surface area contributed by atoms with Crippen molar-refractivity contribution < 1.29 is 4.79 Å². The molecule has 0 radical (unpaired) electrons. The average molecular weight is 249 g/mol. The van der Waals surface area contributed by atoms with E-state index in [-0.39, 0.29) is 5.91 Å². The fraction of sp³-hybridized carbons (Fsp3) is 0.571. The molecule has 1 amide bonds. The number of hydrogen-bond donors (Lipinski definition) is 2. The van der Waals surface area contributed by atoms with Gasteiger partial charge in [-0.2, -0.15) is 0 Å². The molecule has 0 aliphatic carbocycles. The predicted molar refractivity (Wildman–Crippen MR) is 74.8 cm³/mol. The lowest BCUT2D eigenvalue weighted by Gasteiger charge is -2.07. The van der Waals surface area contributed by atoms with E-state index in [1.54, 1.807) is 25.4 Å². The summed E-state index contributed by atoms with van der Waals surface area (Å²) in [5, 5.41) is 5.83. The second kappa shape index (κ2) is 7.69. The molecule has 4 heteroatoms. The van der Waals surface area contributed by atoms with E-state index in [0.29, 0.717) is 5.56 Å². The summed E-state index contributed by atoms with van der Waals surface area (Å²) < 4.78 is 0. The maximum Gasteiger partial charge on any atom is 0.252 e. The second-order valence-electron chi connectivity index (χ2n) is 4.83. The van der Waals surface area contributed by atoms with E-state index in [2.05, 4.69) is 29.5 Å². The predicted octanol–water partition coefficient (Wildman–Crippen LogP) is 2.68. The lowest BCUT2D eigenvalue weighted by atomic mass is 10.1. The van der Waals surface area contributed by atoms with Crippen LogP contribution < -0.4 is 10.6 Å². The number of pyridine rings is 1. The van der Waals surface area contributed by atoms with Crippen LogP contribution in [-0.4, -0.2) is 24.5 Å². The first-order valence-corrected chi connectivity index (χ1v) is 6.55. The van der Waals surface area contributed by atoms with Crippen molar-refractivity contribution in [2.75, 3.05) is 18.9 Å². The summed E-state index contributed by atoms with van der Waals surface area (Å²) >= 11 is 0. The Hall–Kier alpha value is -1.58. The van der Waals surface area contributed by atoms with Gasteiger partial charge in [-0.3, -0.25) is 4.79 Å². The Kier molecular flexibility index (Phi) is 6.19. The molecule has 0 fully saturated rings. The van der Waals surface area contributed by atoms with E-state index in [1.807, 2.05) is 0 Å². The Morgan fingerprint density at radius 1 is 1.33 bits per heavy atom. The molecule has 18 heavy (non-hydrogen) atoms. The number of rotatable bonds is 7. The molecule has 0 spiro atoms. The van der Waals surface area contributed by atoms with Crippen LogP contribution in [0.4, 0.5) is 5.82 Å². The van der Waals surface area contributed by atoms with Crippen LogP contribution in [0.15, 0.2) is 18.3 Å². The van der Waals surface area contributed by atoms with Crippen LogP contribution in [0.3, 0.4) is 0 Å². The van der Waals surface area contributed by atoms with Gasteiger partial charge in [0, 0.05) is 19.8 Å². The molecule has 4 nitrogen and oxygen atoms in total. The van der Waals surface area contributed by atoms with Crippen molar-refractivity contribution in [3.8, 4) is 0 Å². The maximum atomic E-state index is 11.8. The normalized spacial score (nSPS) is 10.4. The monoisotopic (exact) mass is 249 g/mol.